The molecule has 2 saturated carbocycles. The Labute approximate surface area is 119 Å². The summed E-state index contributed by atoms with van der Waals surface area (Å²) in [7, 11) is 0. The third-order valence-electron chi connectivity index (χ3n) is 3.99. The van der Waals surface area contributed by atoms with Gasteiger partial charge >= 0.3 is 0 Å². The Hall–Kier alpha value is -0.610. The number of rotatable bonds is 4. The van der Waals surface area contributed by atoms with Crippen molar-refractivity contribution >= 4 is 33.4 Å². The van der Waals surface area contributed by atoms with Crippen LogP contribution in [0.4, 0.5) is 0 Å². The van der Waals surface area contributed by atoms with E-state index in [1.54, 1.807) is 12.3 Å². The average molecular weight is 330 g/mol. The molecule has 5 heteroatoms. The van der Waals surface area contributed by atoms with Crippen molar-refractivity contribution in [2.75, 3.05) is 6.54 Å². The molecule has 2 aliphatic carbocycles. The molecule has 0 aromatic carbocycles. The van der Waals surface area contributed by atoms with Crippen molar-refractivity contribution in [1.82, 2.24) is 10.3 Å². The lowest BCUT2D eigenvalue weighted by atomic mass is 10.0. The lowest BCUT2D eigenvalue weighted by Crippen LogP contribution is -2.31. The van der Waals surface area contributed by atoms with Crippen LogP contribution in [0.3, 0.4) is 0 Å². The molecular formula is C13H14BrClN2O. The summed E-state index contributed by atoms with van der Waals surface area (Å²) < 4.78 is 0.764. The number of carbonyl (C=O) groups is 1. The monoisotopic (exact) mass is 328 g/mol. The van der Waals surface area contributed by atoms with Crippen molar-refractivity contribution in [2.24, 2.45) is 11.3 Å². The fourth-order valence-corrected chi connectivity index (χ4v) is 3.04. The SMILES string of the molecule is O=C(NCC1(C2CC2)CC1)c1cc(Br)cnc1Cl. The topological polar surface area (TPSA) is 42.0 Å². The first-order valence-corrected chi connectivity index (χ1v) is 7.37. The summed E-state index contributed by atoms with van der Waals surface area (Å²) in [5.74, 6) is 0.717. The van der Waals surface area contributed by atoms with E-state index in [1.807, 2.05) is 0 Å². The molecule has 2 fully saturated rings. The minimum absolute atomic E-state index is 0.124. The maximum atomic E-state index is 12.1. The molecular weight excluding hydrogens is 316 g/mol. The number of nitrogens with zero attached hydrogens (tertiary/aromatic N) is 1. The van der Waals surface area contributed by atoms with E-state index in [4.69, 9.17) is 11.6 Å². The van der Waals surface area contributed by atoms with Crippen LogP contribution >= 0.6 is 27.5 Å². The predicted octanol–water partition coefficient (Wildman–Crippen LogP) is 3.42. The van der Waals surface area contributed by atoms with Crippen LogP contribution in [0.15, 0.2) is 16.7 Å². The first kappa shape index (κ1) is 12.4. The van der Waals surface area contributed by atoms with Crippen LogP contribution in [0, 0.1) is 11.3 Å². The van der Waals surface area contributed by atoms with Gasteiger partial charge in [-0.25, -0.2) is 4.98 Å². The molecule has 0 saturated heterocycles. The molecule has 0 unspecified atom stereocenters. The summed E-state index contributed by atoms with van der Waals surface area (Å²) in [6, 6.07) is 1.71. The molecule has 0 radical (unpaired) electrons. The van der Waals surface area contributed by atoms with E-state index >= 15 is 0 Å². The minimum Gasteiger partial charge on any atom is -0.351 e. The van der Waals surface area contributed by atoms with Gasteiger partial charge in [0.2, 0.25) is 0 Å². The van der Waals surface area contributed by atoms with E-state index in [1.165, 1.54) is 25.7 Å². The highest BCUT2D eigenvalue weighted by atomic mass is 79.9. The fourth-order valence-electron chi connectivity index (χ4n) is 2.52. The van der Waals surface area contributed by atoms with Crippen LogP contribution < -0.4 is 5.32 Å². The average Bonchev–Trinajstić information content (AvgIpc) is 3.21. The molecule has 96 valence electrons. The Bertz CT molecular complexity index is 498. The highest BCUT2D eigenvalue weighted by Gasteiger charge is 2.53. The van der Waals surface area contributed by atoms with Gasteiger partial charge in [-0.3, -0.25) is 4.79 Å². The van der Waals surface area contributed by atoms with Gasteiger partial charge in [-0.2, -0.15) is 0 Å². The first-order chi connectivity index (χ1) is 8.61. The maximum absolute atomic E-state index is 12.1. The highest BCUT2D eigenvalue weighted by Crippen LogP contribution is 2.60. The van der Waals surface area contributed by atoms with E-state index in [0.717, 1.165) is 16.9 Å². The fraction of sp³-hybridized carbons (Fsp3) is 0.538. The number of carbonyl (C=O) groups excluding carboxylic acids is 1. The zero-order valence-electron chi connectivity index (χ0n) is 9.88. The normalized spacial score (nSPS) is 20.6. The Morgan fingerprint density at radius 2 is 2.28 bits per heavy atom. The smallest absolute Gasteiger partial charge is 0.254 e. The van der Waals surface area contributed by atoms with Crippen LogP contribution in [0.25, 0.3) is 0 Å². The Morgan fingerprint density at radius 1 is 1.56 bits per heavy atom. The molecule has 2 aliphatic rings. The van der Waals surface area contributed by atoms with Crippen LogP contribution in [0.5, 0.6) is 0 Å². The summed E-state index contributed by atoms with van der Waals surface area (Å²) in [4.78, 5) is 16.0. The lowest BCUT2D eigenvalue weighted by Gasteiger charge is -2.15. The highest BCUT2D eigenvalue weighted by molar-refractivity contribution is 9.10. The number of amides is 1. The molecule has 3 rings (SSSR count). The molecule has 3 nitrogen and oxygen atoms in total. The largest absolute Gasteiger partial charge is 0.351 e. The van der Waals surface area contributed by atoms with Crippen molar-refractivity contribution in [1.29, 1.82) is 0 Å². The van der Waals surface area contributed by atoms with E-state index in [0.29, 0.717) is 11.0 Å². The maximum Gasteiger partial charge on any atom is 0.254 e. The van der Waals surface area contributed by atoms with Crippen LogP contribution in [-0.4, -0.2) is 17.4 Å². The van der Waals surface area contributed by atoms with Crippen LogP contribution in [0.2, 0.25) is 5.15 Å². The predicted molar refractivity (Wildman–Crippen MR) is 73.7 cm³/mol. The summed E-state index contributed by atoms with van der Waals surface area (Å²) in [6.07, 6.45) is 6.75. The van der Waals surface area contributed by atoms with Gasteiger partial charge in [0.25, 0.3) is 5.91 Å². The quantitative estimate of drug-likeness (QED) is 0.860. The molecule has 0 spiro atoms. The second-order valence-electron chi connectivity index (χ2n) is 5.31. The molecule has 1 heterocycles. The van der Waals surface area contributed by atoms with Gasteiger partial charge < -0.3 is 5.32 Å². The van der Waals surface area contributed by atoms with Crippen LogP contribution in [-0.2, 0) is 0 Å². The van der Waals surface area contributed by atoms with Gasteiger partial charge in [0, 0.05) is 17.2 Å². The van der Waals surface area contributed by atoms with Gasteiger partial charge in [0.05, 0.1) is 5.56 Å². The number of hydrogen-bond acceptors (Lipinski definition) is 2. The molecule has 1 N–H and O–H groups in total. The molecule has 18 heavy (non-hydrogen) atoms. The van der Waals surface area contributed by atoms with Gasteiger partial charge in [0.15, 0.2) is 0 Å². The number of hydrogen-bond donors (Lipinski definition) is 1. The van der Waals surface area contributed by atoms with E-state index in [9.17, 15) is 4.79 Å². The third-order valence-corrected chi connectivity index (χ3v) is 4.72. The molecule has 0 bridgehead atoms. The van der Waals surface area contributed by atoms with Gasteiger partial charge in [-0.05, 0) is 59.0 Å². The lowest BCUT2D eigenvalue weighted by molar-refractivity contribution is 0.0942. The summed E-state index contributed by atoms with van der Waals surface area (Å²) in [5.41, 5.74) is 0.847. The number of nitrogens with one attached hydrogen (secondary N) is 1. The summed E-state index contributed by atoms with van der Waals surface area (Å²) in [5, 5.41) is 3.26. The summed E-state index contributed by atoms with van der Waals surface area (Å²) in [6.45, 7) is 0.777. The minimum atomic E-state index is -0.124. The Morgan fingerprint density at radius 3 is 2.89 bits per heavy atom. The molecule has 1 amide bonds. The zero-order chi connectivity index (χ0) is 12.8. The molecule has 1 aromatic rings. The van der Waals surface area contributed by atoms with Crippen molar-refractivity contribution in [3.8, 4) is 0 Å². The molecule has 1 aromatic heterocycles. The number of aromatic nitrogens is 1. The van der Waals surface area contributed by atoms with Crippen molar-refractivity contribution in [3.63, 3.8) is 0 Å². The van der Waals surface area contributed by atoms with Crippen molar-refractivity contribution in [2.45, 2.75) is 25.7 Å². The number of pyridine rings is 1. The molecule has 0 atom stereocenters. The first-order valence-electron chi connectivity index (χ1n) is 6.20. The standard InChI is InChI=1S/C13H14BrClN2O/c14-9-5-10(11(15)16-6-9)12(18)17-7-13(3-4-13)8-1-2-8/h5-6,8H,1-4,7H2,(H,17,18). The van der Waals surface area contributed by atoms with Crippen molar-refractivity contribution in [3.05, 3.63) is 27.5 Å². The second-order valence-corrected chi connectivity index (χ2v) is 6.58. The van der Waals surface area contributed by atoms with E-state index in [2.05, 4.69) is 26.2 Å². The number of halogens is 2. The van der Waals surface area contributed by atoms with Gasteiger partial charge in [-0.15, -0.1) is 0 Å². The van der Waals surface area contributed by atoms with Crippen LogP contribution in [0.1, 0.15) is 36.0 Å². The molecule has 0 aliphatic heterocycles. The Balaban J connectivity index is 1.65. The Kier molecular flexibility index (Phi) is 3.10. The van der Waals surface area contributed by atoms with Crippen molar-refractivity contribution < 1.29 is 4.79 Å². The summed E-state index contributed by atoms with van der Waals surface area (Å²) >= 11 is 9.24. The van der Waals surface area contributed by atoms with E-state index in [-0.39, 0.29) is 11.1 Å². The van der Waals surface area contributed by atoms with E-state index < -0.39 is 0 Å². The van der Waals surface area contributed by atoms with Gasteiger partial charge in [0.1, 0.15) is 5.15 Å². The third kappa shape index (κ3) is 2.41. The van der Waals surface area contributed by atoms with Gasteiger partial charge in [-0.1, -0.05) is 11.6 Å². The second kappa shape index (κ2) is 4.49. The zero-order valence-corrected chi connectivity index (χ0v) is 12.2.